The summed E-state index contributed by atoms with van der Waals surface area (Å²) in [4.78, 5) is 2.67. The summed E-state index contributed by atoms with van der Waals surface area (Å²) in [5, 5.41) is 6.89. The van der Waals surface area contributed by atoms with Crippen LogP contribution < -0.4 is 10.6 Å². The first-order valence-corrected chi connectivity index (χ1v) is 5.62. The predicted molar refractivity (Wildman–Crippen MR) is 55.0 cm³/mol. The summed E-state index contributed by atoms with van der Waals surface area (Å²) in [5.41, 5.74) is 0. The van der Waals surface area contributed by atoms with Crippen LogP contribution in [0.2, 0.25) is 0 Å². The second-order valence-corrected chi connectivity index (χ2v) is 4.12. The molecule has 13 heavy (non-hydrogen) atoms. The van der Waals surface area contributed by atoms with Gasteiger partial charge < -0.3 is 10.6 Å². The molecule has 76 valence electrons. The average Bonchev–Trinajstić information content (AvgIpc) is 2.47. The highest BCUT2D eigenvalue weighted by Gasteiger charge is 2.20. The fraction of sp³-hybridized carbons (Fsp3) is 1.00. The van der Waals surface area contributed by atoms with E-state index in [4.69, 9.17) is 0 Å². The second kappa shape index (κ2) is 4.94. The normalized spacial score (nSPS) is 32.8. The molecule has 0 aromatic rings. The van der Waals surface area contributed by atoms with E-state index in [0.29, 0.717) is 0 Å². The molecule has 3 nitrogen and oxygen atoms in total. The van der Waals surface area contributed by atoms with E-state index in [1.165, 1.54) is 58.5 Å². The Morgan fingerprint density at radius 2 is 1.62 bits per heavy atom. The molecule has 2 rings (SSSR count). The highest BCUT2D eigenvalue weighted by atomic mass is 15.2. The van der Waals surface area contributed by atoms with Crippen LogP contribution in [0, 0.1) is 0 Å². The monoisotopic (exact) mass is 183 g/mol. The lowest BCUT2D eigenvalue weighted by atomic mass is 10.1. The number of hydrogen-bond acceptors (Lipinski definition) is 3. The third-order valence-corrected chi connectivity index (χ3v) is 3.21. The van der Waals surface area contributed by atoms with Crippen LogP contribution in [0.15, 0.2) is 0 Å². The van der Waals surface area contributed by atoms with E-state index in [9.17, 15) is 0 Å². The number of piperazine rings is 1. The fourth-order valence-corrected chi connectivity index (χ4v) is 2.41. The van der Waals surface area contributed by atoms with Gasteiger partial charge in [-0.3, -0.25) is 4.90 Å². The van der Waals surface area contributed by atoms with Gasteiger partial charge in [0.1, 0.15) is 0 Å². The highest BCUT2D eigenvalue weighted by molar-refractivity contribution is 4.79. The van der Waals surface area contributed by atoms with Crippen LogP contribution in [0.1, 0.15) is 19.3 Å². The molecule has 0 bridgehead atoms. The Hall–Kier alpha value is -0.120. The van der Waals surface area contributed by atoms with Gasteiger partial charge in [-0.1, -0.05) is 0 Å². The van der Waals surface area contributed by atoms with E-state index >= 15 is 0 Å². The maximum absolute atomic E-state index is 3.47. The van der Waals surface area contributed by atoms with Crippen molar-refractivity contribution in [1.82, 2.24) is 15.5 Å². The number of hydrogen-bond donors (Lipinski definition) is 2. The molecule has 1 atom stereocenters. The van der Waals surface area contributed by atoms with Crippen molar-refractivity contribution in [2.45, 2.75) is 25.3 Å². The topological polar surface area (TPSA) is 27.3 Å². The van der Waals surface area contributed by atoms with E-state index in [2.05, 4.69) is 15.5 Å². The summed E-state index contributed by atoms with van der Waals surface area (Å²) in [6.07, 6.45) is 4.10. The lowest BCUT2D eigenvalue weighted by Crippen LogP contribution is -2.48. The quantitative estimate of drug-likeness (QED) is 0.601. The first-order chi connectivity index (χ1) is 6.47. The van der Waals surface area contributed by atoms with E-state index in [1.54, 1.807) is 0 Å². The smallest absolute Gasteiger partial charge is 0.0110 e. The van der Waals surface area contributed by atoms with Gasteiger partial charge in [0.2, 0.25) is 0 Å². The summed E-state index contributed by atoms with van der Waals surface area (Å²) in [6, 6.07) is 0.858. The van der Waals surface area contributed by atoms with Crippen LogP contribution in [0.3, 0.4) is 0 Å². The van der Waals surface area contributed by atoms with Crippen LogP contribution in [0.5, 0.6) is 0 Å². The van der Waals surface area contributed by atoms with Crippen molar-refractivity contribution in [3.63, 3.8) is 0 Å². The zero-order chi connectivity index (χ0) is 8.93. The second-order valence-electron chi connectivity index (χ2n) is 4.12. The highest BCUT2D eigenvalue weighted by Crippen LogP contribution is 2.13. The SMILES string of the molecule is C1CNCCC(N2CCNCC2)C1. The van der Waals surface area contributed by atoms with Crippen molar-refractivity contribution in [1.29, 1.82) is 0 Å². The molecule has 3 heteroatoms. The number of nitrogens with zero attached hydrogens (tertiary/aromatic N) is 1. The average molecular weight is 183 g/mol. The molecule has 2 heterocycles. The Bertz CT molecular complexity index is 135. The predicted octanol–water partition coefficient (Wildman–Crippen LogP) is 0.0337. The van der Waals surface area contributed by atoms with Crippen molar-refractivity contribution < 1.29 is 0 Å². The van der Waals surface area contributed by atoms with E-state index in [1.807, 2.05) is 0 Å². The molecular formula is C10H21N3. The first-order valence-electron chi connectivity index (χ1n) is 5.62. The fourth-order valence-electron chi connectivity index (χ4n) is 2.41. The lowest BCUT2D eigenvalue weighted by molar-refractivity contribution is 0.161. The van der Waals surface area contributed by atoms with Gasteiger partial charge in [-0.2, -0.15) is 0 Å². The van der Waals surface area contributed by atoms with Crippen LogP contribution >= 0.6 is 0 Å². The molecule has 0 amide bonds. The number of rotatable bonds is 1. The molecule has 2 fully saturated rings. The van der Waals surface area contributed by atoms with Gasteiger partial charge in [0.05, 0.1) is 0 Å². The zero-order valence-corrected chi connectivity index (χ0v) is 8.39. The Morgan fingerprint density at radius 1 is 0.846 bits per heavy atom. The molecule has 0 radical (unpaired) electrons. The molecule has 2 saturated heterocycles. The molecule has 2 N–H and O–H groups in total. The summed E-state index contributed by atoms with van der Waals surface area (Å²) < 4.78 is 0. The van der Waals surface area contributed by atoms with Crippen LogP contribution in [0.4, 0.5) is 0 Å². The molecule has 0 spiro atoms. The third kappa shape index (κ3) is 2.66. The zero-order valence-electron chi connectivity index (χ0n) is 8.39. The van der Waals surface area contributed by atoms with Gasteiger partial charge in [0.25, 0.3) is 0 Å². The van der Waals surface area contributed by atoms with Crippen LogP contribution in [-0.2, 0) is 0 Å². The molecule has 0 aliphatic carbocycles. The lowest BCUT2D eigenvalue weighted by Gasteiger charge is -2.34. The largest absolute Gasteiger partial charge is 0.317 e. The summed E-state index contributed by atoms with van der Waals surface area (Å²) in [7, 11) is 0. The van der Waals surface area contributed by atoms with Crippen LogP contribution in [0.25, 0.3) is 0 Å². The summed E-state index contributed by atoms with van der Waals surface area (Å²) >= 11 is 0. The maximum Gasteiger partial charge on any atom is 0.0110 e. The summed E-state index contributed by atoms with van der Waals surface area (Å²) in [5.74, 6) is 0. The Kier molecular flexibility index (Phi) is 3.58. The van der Waals surface area contributed by atoms with Gasteiger partial charge >= 0.3 is 0 Å². The van der Waals surface area contributed by atoms with Gasteiger partial charge in [0, 0.05) is 32.2 Å². The standard InChI is InChI=1S/C10H21N3/c1-2-10(3-5-11-4-1)13-8-6-12-7-9-13/h10-12H,1-9H2. The van der Waals surface area contributed by atoms with Gasteiger partial charge in [-0.05, 0) is 32.4 Å². The van der Waals surface area contributed by atoms with Gasteiger partial charge in [-0.25, -0.2) is 0 Å². The van der Waals surface area contributed by atoms with Crippen molar-refractivity contribution in [2.24, 2.45) is 0 Å². The Labute approximate surface area is 80.9 Å². The molecule has 0 saturated carbocycles. The molecule has 0 aromatic carbocycles. The van der Waals surface area contributed by atoms with Crippen molar-refractivity contribution in [2.75, 3.05) is 39.3 Å². The molecular weight excluding hydrogens is 162 g/mol. The minimum Gasteiger partial charge on any atom is -0.317 e. The molecule has 1 unspecified atom stereocenters. The first kappa shape index (κ1) is 9.44. The Balaban J connectivity index is 1.82. The minimum atomic E-state index is 0.858. The minimum absolute atomic E-state index is 0.858. The van der Waals surface area contributed by atoms with Gasteiger partial charge in [-0.15, -0.1) is 0 Å². The maximum atomic E-state index is 3.47. The molecule has 0 aromatic heterocycles. The molecule has 2 aliphatic heterocycles. The van der Waals surface area contributed by atoms with Crippen molar-refractivity contribution >= 4 is 0 Å². The Morgan fingerprint density at radius 3 is 2.46 bits per heavy atom. The van der Waals surface area contributed by atoms with E-state index in [0.717, 1.165) is 6.04 Å². The summed E-state index contributed by atoms with van der Waals surface area (Å²) in [6.45, 7) is 7.32. The third-order valence-electron chi connectivity index (χ3n) is 3.21. The van der Waals surface area contributed by atoms with E-state index in [-0.39, 0.29) is 0 Å². The van der Waals surface area contributed by atoms with Crippen LogP contribution in [-0.4, -0.2) is 50.2 Å². The van der Waals surface area contributed by atoms with E-state index < -0.39 is 0 Å². The van der Waals surface area contributed by atoms with Crippen molar-refractivity contribution in [3.8, 4) is 0 Å². The van der Waals surface area contributed by atoms with Crippen molar-refractivity contribution in [3.05, 3.63) is 0 Å². The molecule has 2 aliphatic rings. The van der Waals surface area contributed by atoms with Gasteiger partial charge in [0.15, 0.2) is 0 Å². The number of nitrogens with one attached hydrogen (secondary N) is 2.